The van der Waals surface area contributed by atoms with E-state index in [1.54, 1.807) is 0 Å². The van der Waals surface area contributed by atoms with Crippen LogP contribution in [-0.2, 0) is 22.6 Å². The molecule has 0 saturated carbocycles. The summed E-state index contributed by atoms with van der Waals surface area (Å²) in [6.07, 6.45) is 3.41. The number of carboxylic acids is 1. The van der Waals surface area contributed by atoms with Crippen molar-refractivity contribution in [1.82, 2.24) is 19.9 Å². The van der Waals surface area contributed by atoms with Gasteiger partial charge in [0.05, 0.1) is 12.1 Å². The number of carbonyl (C=O) groups excluding carboxylic acids is 1. The van der Waals surface area contributed by atoms with E-state index in [4.69, 9.17) is 5.11 Å². The van der Waals surface area contributed by atoms with Gasteiger partial charge < -0.3 is 10.0 Å². The number of piperidine rings is 1. The number of nitrogens with zero attached hydrogens (tertiary/aromatic N) is 4. The van der Waals surface area contributed by atoms with Gasteiger partial charge in [-0.1, -0.05) is 12.1 Å². The highest BCUT2D eigenvalue weighted by atomic mass is 16.4. The molecule has 2 rings (SSSR count). The van der Waals surface area contributed by atoms with Gasteiger partial charge in [0.1, 0.15) is 6.54 Å². The molecular formula is C12H18N4O3. The van der Waals surface area contributed by atoms with Crippen LogP contribution in [-0.4, -0.2) is 50.0 Å². The van der Waals surface area contributed by atoms with Gasteiger partial charge in [0.25, 0.3) is 0 Å². The summed E-state index contributed by atoms with van der Waals surface area (Å²) >= 11 is 0. The number of hydrogen-bond acceptors (Lipinski definition) is 4. The first-order valence-electron chi connectivity index (χ1n) is 6.43. The molecule has 1 N–H and O–H groups in total. The Hall–Kier alpha value is -1.92. The summed E-state index contributed by atoms with van der Waals surface area (Å²) in [5.74, 6) is -0.264. The highest BCUT2D eigenvalue weighted by Crippen LogP contribution is 2.16. The highest BCUT2D eigenvalue weighted by molar-refractivity contribution is 5.76. The van der Waals surface area contributed by atoms with E-state index in [0.29, 0.717) is 11.6 Å². The largest absolute Gasteiger partial charge is 0.481 e. The molecule has 0 radical (unpaired) electrons. The molecule has 7 nitrogen and oxygen atoms in total. The van der Waals surface area contributed by atoms with Gasteiger partial charge in [0, 0.05) is 19.3 Å². The minimum absolute atomic E-state index is 0.0127. The fraction of sp³-hybridized carbons (Fsp3) is 0.667. The lowest BCUT2D eigenvalue weighted by Crippen LogP contribution is -2.39. The molecular weight excluding hydrogens is 248 g/mol. The maximum Gasteiger partial charge on any atom is 0.309 e. The number of hydrogen-bond donors (Lipinski definition) is 1. The SMILES string of the molecule is CC1CCN(C(=O)Cn2cc(CC(=O)O)nn2)CC1. The van der Waals surface area contributed by atoms with Crippen LogP contribution in [0.3, 0.4) is 0 Å². The summed E-state index contributed by atoms with van der Waals surface area (Å²) < 4.78 is 1.40. The van der Waals surface area contributed by atoms with Crippen molar-refractivity contribution in [2.24, 2.45) is 5.92 Å². The summed E-state index contributed by atoms with van der Waals surface area (Å²) in [6, 6.07) is 0. The van der Waals surface area contributed by atoms with Crippen molar-refractivity contribution < 1.29 is 14.7 Å². The summed E-state index contributed by atoms with van der Waals surface area (Å²) in [5, 5.41) is 16.1. The van der Waals surface area contributed by atoms with E-state index in [1.165, 1.54) is 10.9 Å². The molecule has 0 atom stereocenters. The number of aromatic nitrogens is 3. The molecule has 0 aromatic carbocycles. The van der Waals surface area contributed by atoms with Crippen LogP contribution in [0.2, 0.25) is 0 Å². The molecule has 104 valence electrons. The normalized spacial score (nSPS) is 16.6. The zero-order chi connectivity index (χ0) is 13.8. The van der Waals surface area contributed by atoms with Crippen LogP contribution in [0.1, 0.15) is 25.5 Å². The fourth-order valence-corrected chi connectivity index (χ4v) is 2.15. The van der Waals surface area contributed by atoms with Crippen LogP contribution in [0.25, 0.3) is 0 Å². The van der Waals surface area contributed by atoms with Crippen molar-refractivity contribution >= 4 is 11.9 Å². The molecule has 1 aliphatic heterocycles. The van der Waals surface area contributed by atoms with Gasteiger partial charge in [-0.25, -0.2) is 4.68 Å². The standard InChI is InChI=1S/C12H18N4O3/c1-9-2-4-15(5-3-9)11(17)8-16-7-10(13-14-16)6-12(18)19/h7,9H,2-6,8H2,1H3,(H,18,19). The minimum atomic E-state index is -0.955. The molecule has 7 heteroatoms. The second kappa shape index (κ2) is 5.81. The van der Waals surface area contributed by atoms with E-state index < -0.39 is 5.97 Å². The number of rotatable bonds is 4. The van der Waals surface area contributed by atoms with Gasteiger partial charge >= 0.3 is 5.97 Å². The van der Waals surface area contributed by atoms with Gasteiger partial charge in [-0.3, -0.25) is 9.59 Å². The lowest BCUT2D eigenvalue weighted by atomic mass is 9.99. The van der Waals surface area contributed by atoms with Crippen LogP contribution in [0.4, 0.5) is 0 Å². The van der Waals surface area contributed by atoms with Gasteiger partial charge in [0.2, 0.25) is 5.91 Å². The first-order valence-corrected chi connectivity index (χ1v) is 6.43. The Kier molecular flexibility index (Phi) is 4.13. The number of amides is 1. The summed E-state index contributed by atoms with van der Waals surface area (Å²) in [7, 11) is 0. The number of aliphatic carboxylic acids is 1. The van der Waals surface area contributed by atoms with Crippen LogP contribution in [0.5, 0.6) is 0 Å². The van der Waals surface area contributed by atoms with E-state index in [9.17, 15) is 9.59 Å². The summed E-state index contributed by atoms with van der Waals surface area (Å²) in [6.45, 7) is 3.89. The zero-order valence-electron chi connectivity index (χ0n) is 10.9. The van der Waals surface area contributed by atoms with Crippen molar-refractivity contribution in [1.29, 1.82) is 0 Å². The number of likely N-dealkylation sites (tertiary alicyclic amines) is 1. The predicted molar refractivity (Wildman–Crippen MR) is 66.3 cm³/mol. The molecule has 2 heterocycles. The quantitative estimate of drug-likeness (QED) is 0.839. The Balaban J connectivity index is 1.88. The van der Waals surface area contributed by atoms with E-state index >= 15 is 0 Å². The molecule has 1 amide bonds. The van der Waals surface area contributed by atoms with E-state index in [0.717, 1.165) is 25.9 Å². The molecule has 0 bridgehead atoms. The highest BCUT2D eigenvalue weighted by Gasteiger charge is 2.20. The monoisotopic (exact) mass is 266 g/mol. The van der Waals surface area contributed by atoms with Gasteiger partial charge in [-0.2, -0.15) is 0 Å². The molecule has 0 aliphatic carbocycles. The molecule has 0 unspecified atom stereocenters. The van der Waals surface area contributed by atoms with Crippen molar-refractivity contribution in [3.8, 4) is 0 Å². The topological polar surface area (TPSA) is 88.3 Å². The molecule has 0 spiro atoms. The zero-order valence-corrected chi connectivity index (χ0v) is 10.9. The molecule has 1 aromatic heterocycles. The summed E-state index contributed by atoms with van der Waals surface area (Å²) in [4.78, 5) is 24.4. The predicted octanol–water partition coefficient (Wildman–Crippen LogP) is 0.164. The lowest BCUT2D eigenvalue weighted by Gasteiger charge is -2.30. The molecule has 1 aliphatic rings. The summed E-state index contributed by atoms with van der Waals surface area (Å²) in [5.41, 5.74) is 0.368. The maximum absolute atomic E-state index is 12.0. The van der Waals surface area contributed by atoms with Gasteiger partial charge in [-0.05, 0) is 18.8 Å². The number of carboxylic acid groups (broad SMARTS) is 1. The molecule has 1 fully saturated rings. The average molecular weight is 266 g/mol. The number of carbonyl (C=O) groups is 2. The van der Waals surface area contributed by atoms with Crippen LogP contribution < -0.4 is 0 Å². The van der Waals surface area contributed by atoms with Crippen LogP contribution >= 0.6 is 0 Å². The maximum atomic E-state index is 12.0. The minimum Gasteiger partial charge on any atom is -0.481 e. The van der Waals surface area contributed by atoms with Gasteiger partial charge in [0.15, 0.2) is 0 Å². The Morgan fingerprint density at radius 1 is 1.42 bits per heavy atom. The van der Waals surface area contributed by atoms with Crippen LogP contribution in [0.15, 0.2) is 6.20 Å². The molecule has 19 heavy (non-hydrogen) atoms. The third-order valence-electron chi connectivity index (χ3n) is 3.35. The smallest absolute Gasteiger partial charge is 0.309 e. The second-order valence-corrected chi connectivity index (χ2v) is 5.04. The van der Waals surface area contributed by atoms with E-state index in [-0.39, 0.29) is 18.9 Å². The Morgan fingerprint density at radius 2 is 2.11 bits per heavy atom. The van der Waals surface area contributed by atoms with Crippen molar-refractivity contribution in [2.45, 2.75) is 32.7 Å². The Labute approximate surface area is 111 Å². The van der Waals surface area contributed by atoms with Gasteiger partial charge in [-0.15, -0.1) is 5.10 Å². The third-order valence-corrected chi connectivity index (χ3v) is 3.35. The first kappa shape index (κ1) is 13.5. The molecule has 1 saturated heterocycles. The Morgan fingerprint density at radius 3 is 2.74 bits per heavy atom. The lowest BCUT2D eigenvalue weighted by molar-refractivity contribution is -0.136. The fourth-order valence-electron chi connectivity index (χ4n) is 2.15. The average Bonchev–Trinajstić information content (AvgIpc) is 2.76. The van der Waals surface area contributed by atoms with Crippen molar-refractivity contribution in [3.05, 3.63) is 11.9 Å². The third kappa shape index (κ3) is 3.77. The first-order chi connectivity index (χ1) is 9.04. The van der Waals surface area contributed by atoms with Crippen molar-refractivity contribution in [3.63, 3.8) is 0 Å². The van der Waals surface area contributed by atoms with Crippen LogP contribution in [0, 0.1) is 5.92 Å². The van der Waals surface area contributed by atoms with Crippen molar-refractivity contribution in [2.75, 3.05) is 13.1 Å². The molecule has 1 aromatic rings. The second-order valence-electron chi connectivity index (χ2n) is 5.04. The van der Waals surface area contributed by atoms with E-state index in [1.807, 2.05) is 4.90 Å². The Bertz CT molecular complexity index is 463. The van der Waals surface area contributed by atoms with E-state index in [2.05, 4.69) is 17.2 Å².